The van der Waals surface area contributed by atoms with Crippen molar-refractivity contribution in [2.24, 2.45) is 5.73 Å². The van der Waals surface area contributed by atoms with Gasteiger partial charge in [-0.15, -0.1) is 0 Å². The average Bonchev–Trinajstić information content (AvgIpc) is 2.55. The number of hydrogen-bond donors (Lipinski definition) is 2. The fourth-order valence-corrected chi connectivity index (χ4v) is 2.15. The molecule has 0 atom stereocenters. The van der Waals surface area contributed by atoms with Gasteiger partial charge in [-0.05, 0) is 49.5 Å². The zero-order valence-electron chi connectivity index (χ0n) is 13.7. The molecule has 2 rings (SSSR count). The molecule has 3 N–H and O–H groups in total. The van der Waals surface area contributed by atoms with Crippen molar-refractivity contribution in [1.29, 1.82) is 0 Å². The Balaban J connectivity index is 2.19. The summed E-state index contributed by atoms with van der Waals surface area (Å²) in [5.41, 5.74) is 7.96. The number of rotatable bonds is 6. The van der Waals surface area contributed by atoms with Crippen LogP contribution in [-0.2, 0) is 11.3 Å². The van der Waals surface area contributed by atoms with Crippen LogP contribution < -0.4 is 11.1 Å². The SMILES string of the molecule is CN(C)Cc1ccc(C(N)=O)cc1NC(=O)C=Cc1cccnc1. The van der Waals surface area contributed by atoms with E-state index in [1.165, 1.54) is 6.08 Å². The Morgan fingerprint density at radius 1 is 1.29 bits per heavy atom. The number of hydrogen-bond acceptors (Lipinski definition) is 4. The van der Waals surface area contributed by atoms with Crippen LogP contribution in [0.1, 0.15) is 21.5 Å². The van der Waals surface area contributed by atoms with Crippen LogP contribution >= 0.6 is 0 Å². The molecule has 0 spiro atoms. The maximum atomic E-state index is 12.2. The molecule has 0 aliphatic carbocycles. The van der Waals surface area contributed by atoms with Crippen LogP contribution in [0, 0.1) is 0 Å². The zero-order valence-corrected chi connectivity index (χ0v) is 13.7. The monoisotopic (exact) mass is 324 g/mol. The Labute approximate surface area is 141 Å². The van der Waals surface area contributed by atoms with Crippen LogP contribution in [0.3, 0.4) is 0 Å². The minimum atomic E-state index is -0.534. The van der Waals surface area contributed by atoms with Crippen molar-refractivity contribution < 1.29 is 9.59 Å². The van der Waals surface area contributed by atoms with E-state index in [0.29, 0.717) is 17.8 Å². The summed E-state index contributed by atoms with van der Waals surface area (Å²) in [5.74, 6) is -0.826. The molecule has 0 aliphatic heterocycles. The number of aromatic nitrogens is 1. The van der Waals surface area contributed by atoms with Gasteiger partial charge in [0.1, 0.15) is 0 Å². The van der Waals surface area contributed by atoms with Crippen LogP contribution in [-0.4, -0.2) is 35.8 Å². The third-order valence-corrected chi connectivity index (χ3v) is 3.25. The normalized spacial score (nSPS) is 11.0. The second-order valence-corrected chi connectivity index (χ2v) is 5.58. The third-order valence-electron chi connectivity index (χ3n) is 3.25. The van der Waals surface area contributed by atoms with E-state index in [-0.39, 0.29) is 5.91 Å². The van der Waals surface area contributed by atoms with Crippen LogP contribution in [0.5, 0.6) is 0 Å². The smallest absolute Gasteiger partial charge is 0.248 e. The van der Waals surface area contributed by atoms with Gasteiger partial charge in [-0.2, -0.15) is 0 Å². The van der Waals surface area contributed by atoms with Gasteiger partial charge in [-0.3, -0.25) is 14.6 Å². The van der Waals surface area contributed by atoms with Gasteiger partial charge in [0.2, 0.25) is 11.8 Å². The molecule has 0 saturated heterocycles. The molecular formula is C18H20N4O2. The zero-order chi connectivity index (χ0) is 17.5. The Morgan fingerprint density at radius 3 is 2.71 bits per heavy atom. The summed E-state index contributed by atoms with van der Waals surface area (Å²) in [4.78, 5) is 29.5. The molecule has 2 aromatic rings. The second kappa shape index (κ2) is 8.03. The van der Waals surface area contributed by atoms with E-state index >= 15 is 0 Å². The average molecular weight is 324 g/mol. The molecule has 1 aromatic carbocycles. The quantitative estimate of drug-likeness (QED) is 0.794. The highest BCUT2D eigenvalue weighted by molar-refractivity contribution is 6.03. The summed E-state index contributed by atoms with van der Waals surface area (Å²) in [7, 11) is 3.85. The lowest BCUT2D eigenvalue weighted by Gasteiger charge is -2.15. The fraction of sp³-hybridized carbons (Fsp3) is 0.167. The number of nitrogens with two attached hydrogens (primary N) is 1. The molecule has 6 heteroatoms. The molecular weight excluding hydrogens is 304 g/mol. The number of anilines is 1. The minimum Gasteiger partial charge on any atom is -0.366 e. The molecule has 0 saturated carbocycles. The Bertz CT molecular complexity index is 755. The predicted molar refractivity (Wildman–Crippen MR) is 94.3 cm³/mol. The van der Waals surface area contributed by atoms with Gasteiger partial charge >= 0.3 is 0 Å². The van der Waals surface area contributed by atoms with Crippen LogP contribution in [0.4, 0.5) is 5.69 Å². The van der Waals surface area contributed by atoms with Crippen LogP contribution in [0.15, 0.2) is 48.8 Å². The van der Waals surface area contributed by atoms with Crippen molar-refractivity contribution in [2.75, 3.05) is 19.4 Å². The lowest BCUT2D eigenvalue weighted by molar-refractivity contribution is -0.111. The molecule has 0 aliphatic rings. The van der Waals surface area contributed by atoms with Crippen LogP contribution in [0.25, 0.3) is 6.08 Å². The summed E-state index contributed by atoms with van der Waals surface area (Å²) in [5, 5.41) is 2.80. The van der Waals surface area contributed by atoms with Crippen molar-refractivity contribution in [2.45, 2.75) is 6.54 Å². The van der Waals surface area contributed by atoms with E-state index in [0.717, 1.165) is 11.1 Å². The van der Waals surface area contributed by atoms with Crippen molar-refractivity contribution in [1.82, 2.24) is 9.88 Å². The fourth-order valence-electron chi connectivity index (χ4n) is 2.15. The van der Waals surface area contributed by atoms with E-state index in [2.05, 4.69) is 10.3 Å². The van der Waals surface area contributed by atoms with E-state index in [1.54, 1.807) is 42.7 Å². The van der Waals surface area contributed by atoms with Gasteiger partial charge in [0.25, 0.3) is 0 Å². The first-order valence-electron chi connectivity index (χ1n) is 7.42. The molecule has 1 aromatic heterocycles. The number of nitrogens with zero attached hydrogens (tertiary/aromatic N) is 2. The van der Waals surface area contributed by atoms with E-state index < -0.39 is 5.91 Å². The first-order valence-corrected chi connectivity index (χ1v) is 7.42. The molecule has 0 unspecified atom stereocenters. The lowest BCUT2D eigenvalue weighted by Crippen LogP contribution is -2.17. The number of carbonyl (C=O) groups is 2. The maximum absolute atomic E-state index is 12.2. The molecule has 124 valence electrons. The highest BCUT2D eigenvalue weighted by atomic mass is 16.1. The highest BCUT2D eigenvalue weighted by Gasteiger charge is 2.10. The highest BCUT2D eigenvalue weighted by Crippen LogP contribution is 2.19. The molecule has 2 amide bonds. The lowest BCUT2D eigenvalue weighted by atomic mass is 10.1. The van der Waals surface area contributed by atoms with E-state index in [9.17, 15) is 9.59 Å². The van der Waals surface area contributed by atoms with Gasteiger partial charge in [-0.25, -0.2) is 0 Å². The molecule has 0 radical (unpaired) electrons. The number of benzene rings is 1. The summed E-state index contributed by atoms with van der Waals surface area (Å²) in [6, 6.07) is 8.69. The summed E-state index contributed by atoms with van der Waals surface area (Å²) >= 11 is 0. The largest absolute Gasteiger partial charge is 0.366 e. The van der Waals surface area contributed by atoms with Gasteiger partial charge < -0.3 is 16.0 Å². The molecule has 24 heavy (non-hydrogen) atoms. The first kappa shape index (κ1) is 17.4. The van der Waals surface area contributed by atoms with E-state index in [1.807, 2.05) is 25.1 Å². The Morgan fingerprint density at radius 2 is 2.08 bits per heavy atom. The van der Waals surface area contributed by atoms with Crippen molar-refractivity contribution in [3.05, 3.63) is 65.5 Å². The Hall–Kier alpha value is -2.99. The van der Waals surface area contributed by atoms with Crippen molar-refractivity contribution in [3.8, 4) is 0 Å². The topological polar surface area (TPSA) is 88.3 Å². The van der Waals surface area contributed by atoms with Gasteiger partial charge in [0.15, 0.2) is 0 Å². The number of primary amides is 1. The molecule has 0 bridgehead atoms. The minimum absolute atomic E-state index is 0.291. The van der Waals surface area contributed by atoms with Gasteiger partial charge in [0, 0.05) is 36.3 Å². The Kier molecular flexibility index (Phi) is 5.81. The number of pyridine rings is 1. The molecule has 0 fully saturated rings. The second-order valence-electron chi connectivity index (χ2n) is 5.58. The summed E-state index contributed by atoms with van der Waals surface area (Å²) < 4.78 is 0. The van der Waals surface area contributed by atoms with Crippen molar-refractivity contribution in [3.63, 3.8) is 0 Å². The van der Waals surface area contributed by atoms with E-state index in [4.69, 9.17) is 5.73 Å². The van der Waals surface area contributed by atoms with Crippen molar-refractivity contribution >= 4 is 23.6 Å². The van der Waals surface area contributed by atoms with Gasteiger partial charge in [-0.1, -0.05) is 12.1 Å². The maximum Gasteiger partial charge on any atom is 0.248 e. The molecule has 1 heterocycles. The van der Waals surface area contributed by atoms with Crippen LogP contribution in [0.2, 0.25) is 0 Å². The van der Waals surface area contributed by atoms with Gasteiger partial charge in [0.05, 0.1) is 0 Å². The molecule has 6 nitrogen and oxygen atoms in total. The third kappa shape index (κ3) is 5.03. The number of carbonyl (C=O) groups excluding carboxylic acids is 2. The number of amides is 2. The summed E-state index contributed by atoms with van der Waals surface area (Å²) in [6.45, 7) is 0.626. The number of nitrogens with one attached hydrogen (secondary N) is 1. The summed E-state index contributed by atoms with van der Waals surface area (Å²) in [6.07, 6.45) is 6.43. The standard InChI is InChI=1S/C18H20N4O2/c1-22(2)12-15-7-6-14(18(19)24)10-16(15)21-17(23)8-5-13-4-3-9-20-11-13/h3-11H,12H2,1-2H3,(H2,19,24)(H,21,23). The predicted octanol–water partition coefficient (Wildman–Crippen LogP) is 1.89. The first-order chi connectivity index (χ1) is 11.5.